The Morgan fingerprint density at radius 2 is 1.82 bits per heavy atom. The van der Waals surface area contributed by atoms with Crippen molar-refractivity contribution in [2.75, 3.05) is 19.5 Å². The smallest absolute Gasteiger partial charge is 0.338 e. The van der Waals surface area contributed by atoms with Gasteiger partial charge in [0.2, 0.25) is 0 Å². The van der Waals surface area contributed by atoms with Gasteiger partial charge in [-0.25, -0.2) is 9.79 Å². The van der Waals surface area contributed by atoms with Crippen LogP contribution in [0, 0.1) is 10.1 Å². The Bertz CT molecular complexity index is 1110. The molecule has 1 N–H and O–H groups in total. The lowest BCUT2D eigenvalue weighted by atomic mass is 9.96. The van der Waals surface area contributed by atoms with Gasteiger partial charge in [-0.2, -0.15) is 0 Å². The van der Waals surface area contributed by atoms with E-state index in [9.17, 15) is 19.7 Å². The number of carbonyl (C=O) groups excluding carboxylic acids is 2. The number of hydrogen-bond acceptors (Lipinski definition) is 9. The molecule has 1 aliphatic rings. The van der Waals surface area contributed by atoms with Crippen LogP contribution in [0.1, 0.15) is 35.8 Å². The highest BCUT2D eigenvalue weighted by molar-refractivity contribution is 8.14. The summed E-state index contributed by atoms with van der Waals surface area (Å²) in [5, 5.41) is 14.4. The van der Waals surface area contributed by atoms with Crippen LogP contribution in [0.4, 0.5) is 5.69 Å². The molecule has 10 heteroatoms. The number of nitro benzene ring substituents is 1. The van der Waals surface area contributed by atoms with Gasteiger partial charge >= 0.3 is 5.97 Å². The number of nitro groups is 1. The number of hydrogen-bond donors (Lipinski definition) is 1. The van der Waals surface area contributed by atoms with Gasteiger partial charge in [0, 0.05) is 23.4 Å². The molecule has 33 heavy (non-hydrogen) atoms. The molecule has 0 unspecified atom stereocenters. The zero-order valence-corrected chi connectivity index (χ0v) is 19.2. The van der Waals surface area contributed by atoms with Crippen LogP contribution >= 0.6 is 11.8 Å². The zero-order valence-electron chi connectivity index (χ0n) is 18.4. The Morgan fingerprint density at radius 1 is 1.15 bits per heavy atom. The van der Waals surface area contributed by atoms with Gasteiger partial charge in [-0.1, -0.05) is 23.9 Å². The first-order valence-corrected chi connectivity index (χ1v) is 11.1. The van der Waals surface area contributed by atoms with Crippen LogP contribution in [0.15, 0.2) is 64.8 Å². The molecule has 1 atom stereocenters. The number of aliphatic imine (C=N–C) groups is 1. The summed E-state index contributed by atoms with van der Waals surface area (Å²) in [6, 6.07) is 12.1. The molecule has 0 bridgehead atoms. The van der Waals surface area contributed by atoms with Gasteiger partial charge in [0.05, 0.1) is 30.0 Å². The largest absolute Gasteiger partial charge is 0.497 e. The minimum Gasteiger partial charge on any atom is -0.497 e. The fraction of sp³-hybridized carbons (Fsp3) is 0.261. The average molecular weight is 470 g/mol. The molecule has 0 amide bonds. The summed E-state index contributed by atoms with van der Waals surface area (Å²) < 4.78 is 10.4. The molecular weight excluding hydrogens is 446 g/mol. The van der Waals surface area contributed by atoms with E-state index in [1.54, 1.807) is 33.1 Å². The highest BCUT2D eigenvalue weighted by Gasteiger charge is 2.30. The Kier molecular flexibility index (Phi) is 7.83. The van der Waals surface area contributed by atoms with Gasteiger partial charge in [0.25, 0.3) is 5.69 Å². The van der Waals surface area contributed by atoms with Crippen molar-refractivity contribution in [2.45, 2.75) is 19.9 Å². The maximum absolute atomic E-state index is 12.6. The van der Waals surface area contributed by atoms with Crippen LogP contribution in [0.5, 0.6) is 5.75 Å². The molecule has 0 spiro atoms. The number of thioether (sulfide) groups is 1. The molecule has 2 aromatic rings. The van der Waals surface area contributed by atoms with Crippen molar-refractivity contribution in [1.82, 2.24) is 5.32 Å². The molecule has 0 radical (unpaired) electrons. The lowest BCUT2D eigenvalue weighted by Gasteiger charge is -2.25. The standard InChI is InChI=1S/C23H23N3O6S/c1-4-32-22(28)20-14(2)24-23(25-21(20)16-7-11-18(31-3)12-8-16)33-13-19(27)15-5-9-17(10-6-15)26(29)30/h5-12,21H,4,13H2,1-3H3,(H,24,25)/t21-/m0/s1. The van der Waals surface area contributed by atoms with E-state index in [0.29, 0.717) is 27.8 Å². The van der Waals surface area contributed by atoms with E-state index in [-0.39, 0.29) is 23.8 Å². The first-order chi connectivity index (χ1) is 15.8. The van der Waals surface area contributed by atoms with Crippen molar-refractivity contribution in [1.29, 1.82) is 0 Å². The van der Waals surface area contributed by atoms with Crippen LogP contribution in [0.2, 0.25) is 0 Å². The molecule has 0 fully saturated rings. The molecule has 0 aromatic heterocycles. The van der Waals surface area contributed by atoms with Gasteiger partial charge in [-0.3, -0.25) is 14.9 Å². The van der Waals surface area contributed by atoms with Crippen molar-refractivity contribution in [3.05, 3.63) is 81.0 Å². The van der Waals surface area contributed by atoms with Crippen LogP contribution in [0.3, 0.4) is 0 Å². The zero-order chi connectivity index (χ0) is 24.0. The predicted molar refractivity (Wildman–Crippen MR) is 126 cm³/mol. The van der Waals surface area contributed by atoms with Gasteiger partial charge < -0.3 is 14.8 Å². The lowest BCUT2D eigenvalue weighted by Crippen LogP contribution is -2.31. The lowest BCUT2D eigenvalue weighted by molar-refractivity contribution is -0.384. The number of rotatable bonds is 8. The molecule has 0 saturated heterocycles. The van der Waals surface area contributed by atoms with Crippen molar-refractivity contribution < 1.29 is 24.0 Å². The summed E-state index contributed by atoms with van der Waals surface area (Å²) in [4.78, 5) is 40.1. The summed E-state index contributed by atoms with van der Waals surface area (Å²) in [7, 11) is 1.57. The number of benzene rings is 2. The second-order valence-corrected chi connectivity index (χ2v) is 7.97. The Balaban J connectivity index is 1.80. The number of non-ortho nitro benzene ring substituents is 1. The Morgan fingerprint density at radius 3 is 2.39 bits per heavy atom. The minimum absolute atomic E-state index is 0.0704. The van der Waals surface area contributed by atoms with Crippen LogP contribution in [0.25, 0.3) is 0 Å². The normalized spacial score (nSPS) is 15.4. The summed E-state index contributed by atoms with van der Waals surface area (Å²) in [6.07, 6.45) is 0. The van der Waals surface area contributed by atoms with Crippen LogP contribution in [-0.2, 0) is 9.53 Å². The monoisotopic (exact) mass is 469 g/mol. The number of allylic oxidation sites excluding steroid dienone is 1. The molecule has 3 rings (SSSR count). The van der Waals surface area contributed by atoms with Crippen molar-refractivity contribution in [3.8, 4) is 5.75 Å². The number of nitrogens with zero attached hydrogens (tertiary/aromatic N) is 2. The maximum Gasteiger partial charge on any atom is 0.338 e. The Hall–Kier alpha value is -3.66. The van der Waals surface area contributed by atoms with E-state index < -0.39 is 16.9 Å². The molecule has 0 saturated carbocycles. The van der Waals surface area contributed by atoms with Gasteiger partial charge in [-0.05, 0) is 43.7 Å². The summed E-state index contributed by atoms with van der Waals surface area (Å²) >= 11 is 1.19. The first-order valence-electron chi connectivity index (χ1n) is 10.1. The minimum atomic E-state index is -0.604. The van der Waals surface area contributed by atoms with E-state index in [0.717, 1.165) is 5.56 Å². The molecule has 0 aliphatic carbocycles. The second kappa shape index (κ2) is 10.8. The third-order valence-electron chi connectivity index (χ3n) is 4.89. The van der Waals surface area contributed by atoms with E-state index in [1.807, 2.05) is 12.1 Å². The van der Waals surface area contributed by atoms with Gasteiger partial charge in [-0.15, -0.1) is 0 Å². The number of amidine groups is 1. The summed E-state index contributed by atoms with van der Waals surface area (Å²) in [6.45, 7) is 3.73. The number of ether oxygens (including phenoxy) is 2. The molecule has 9 nitrogen and oxygen atoms in total. The number of esters is 1. The third-order valence-corrected chi connectivity index (χ3v) is 5.77. The van der Waals surface area contributed by atoms with Crippen LogP contribution in [-0.4, -0.2) is 41.3 Å². The van der Waals surface area contributed by atoms with E-state index in [4.69, 9.17) is 9.47 Å². The fourth-order valence-corrected chi connectivity index (χ4v) is 4.05. The van der Waals surface area contributed by atoms with Crippen LogP contribution < -0.4 is 10.1 Å². The molecule has 2 aromatic carbocycles. The molecule has 1 heterocycles. The maximum atomic E-state index is 12.6. The van der Waals surface area contributed by atoms with Gasteiger partial charge in [0.1, 0.15) is 11.8 Å². The molecule has 1 aliphatic heterocycles. The Labute approximate surface area is 195 Å². The topological polar surface area (TPSA) is 120 Å². The fourth-order valence-electron chi connectivity index (χ4n) is 3.21. The highest BCUT2D eigenvalue weighted by Crippen LogP contribution is 2.33. The number of ketones is 1. The molecule has 172 valence electrons. The SMILES string of the molecule is CCOC(=O)C1=C(C)NC(SCC(=O)c2ccc([N+](=O)[O-])cc2)=N[C@H]1c1ccc(OC)cc1. The van der Waals surface area contributed by atoms with Gasteiger partial charge in [0.15, 0.2) is 11.0 Å². The second-order valence-electron chi connectivity index (χ2n) is 7.01. The molecular formula is C23H23N3O6S. The summed E-state index contributed by atoms with van der Waals surface area (Å²) in [5.41, 5.74) is 2.06. The summed E-state index contributed by atoms with van der Waals surface area (Å²) in [5.74, 6) is 0.0932. The number of methoxy groups -OCH3 is 1. The highest BCUT2D eigenvalue weighted by atomic mass is 32.2. The number of Topliss-reactive ketones (excluding diaryl/α,β-unsaturated/α-hetero) is 1. The van der Waals surface area contributed by atoms with E-state index in [1.165, 1.54) is 36.0 Å². The first kappa shape index (κ1) is 24.0. The van der Waals surface area contributed by atoms with E-state index in [2.05, 4.69) is 10.3 Å². The number of carbonyl (C=O) groups is 2. The number of nitrogens with one attached hydrogen (secondary N) is 1. The average Bonchev–Trinajstić information content (AvgIpc) is 2.82. The third kappa shape index (κ3) is 5.78. The quantitative estimate of drug-likeness (QED) is 0.266. The van der Waals surface area contributed by atoms with Crippen molar-refractivity contribution in [2.24, 2.45) is 4.99 Å². The van der Waals surface area contributed by atoms with Crippen molar-refractivity contribution in [3.63, 3.8) is 0 Å². The van der Waals surface area contributed by atoms with E-state index >= 15 is 0 Å². The predicted octanol–water partition coefficient (Wildman–Crippen LogP) is 4.06. The van der Waals surface area contributed by atoms with Crippen molar-refractivity contribution >= 4 is 34.4 Å².